The monoisotopic (exact) mass is 362 g/mol. The third-order valence-corrected chi connectivity index (χ3v) is 5.41. The van der Waals surface area contributed by atoms with Crippen molar-refractivity contribution >= 4 is 29.0 Å². The van der Waals surface area contributed by atoms with Crippen LogP contribution in [0.4, 0.5) is 0 Å². The van der Waals surface area contributed by atoms with Crippen LogP contribution >= 0.6 is 11.3 Å². The average molecular weight is 362 g/mol. The van der Waals surface area contributed by atoms with Gasteiger partial charge in [-0.05, 0) is 19.4 Å². The van der Waals surface area contributed by atoms with Crippen LogP contribution < -0.4 is 10.6 Å². The molecule has 4 heterocycles. The van der Waals surface area contributed by atoms with Gasteiger partial charge in [0.05, 0.1) is 19.3 Å². The molecule has 0 aliphatic carbocycles. The van der Waals surface area contributed by atoms with Gasteiger partial charge in [-0.1, -0.05) is 0 Å². The SMILES string of the molecule is O=C1NC(N2CCOCC2)=NC(=N[C@@H]2CCCNC2)C1c1nccs1. The van der Waals surface area contributed by atoms with Crippen molar-refractivity contribution in [1.82, 2.24) is 20.5 Å². The van der Waals surface area contributed by atoms with E-state index in [1.807, 2.05) is 10.3 Å². The first-order valence-electron chi connectivity index (χ1n) is 8.71. The number of hydrogen-bond acceptors (Lipinski definition) is 7. The molecule has 4 rings (SSSR count). The number of nitrogens with one attached hydrogen (secondary N) is 2. The Hall–Kier alpha value is -1.84. The van der Waals surface area contributed by atoms with E-state index in [1.54, 1.807) is 6.20 Å². The Balaban J connectivity index is 1.66. The molecular weight excluding hydrogens is 340 g/mol. The molecule has 2 saturated heterocycles. The van der Waals surface area contributed by atoms with Crippen molar-refractivity contribution < 1.29 is 9.53 Å². The molecule has 0 spiro atoms. The van der Waals surface area contributed by atoms with Crippen molar-refractivity contribution in [3.63, 3.8) is 0 Å². The topological polar surface area (TPSA) is 91.2 Å². The molecule has 2 atom stereocenters. The standard InChI is InChI=1S/C16H22N6O2S/c23-14-12(15-18-4-9-25-15)13(19-11-2-1-3-17-10-11)20-16(21-14)22-5-7-24-8-6-22/h4,9,11-12,17H,1-3,5-8,10H2,(H,19,20,21,23)/t11-,12?/m1/s1. The second-order valence-corrected chi connectivity index (χ2v) is 7.24. The number of carbonyl (C=O) groups excluding carboxylic acids is 1. The van der Waals surface area contributed by atoms with Crippen molar-refractivity contribution in [3.8, 4) is 0 Å². The lowest BCUT2D eigenvalue weighted by atomic mass is 10.0. The zero-order valence-corrected chi connectivity index (χ0v) is 14.8. The summed E-state index contributed by atoms with van der Waals surface area (Å²) < 4.78 is 5.39. The van der Waals surface area contributed by atoms with E-state index in [1.165, 1.54) is 11.3 Å². The number of hydrogen-bond donors (Lipinski definition) is 2. The van der Waals surface area contributed by atoms with Crippen molar-refractivity contribution in [2.75, 3.05) is 39.4 Å². The van der Waals surface area contributed by atoms with Crippen LogP contribution in [0.5, 0.6) is 0 Å². The summed E-state index contributed by atoms with van der Waals surface area (Å²) in [4.78, 5) is 28.8. The summed E-state index contributed by atoms with van der Waals surface area (Å²) in [6.07, 6.45) is 3.83. The molecular formula is C16H22N6O2S. The average Bonchev–Trinajstić information content (AvgIpc) is 3.17. The van der Waals surface area contributed by atoms with Gasteiger partial charge < -0.3 is 15.0 Å². The lowest BCUT2D eigenvalue weighted by Crippen LogP contribution is -2.53. The summed E-state index contributed by atoms with van der Waals surface area (Å²) in [6.45, 7) is 4.59. The Morgan fingerprint density at radius 1 is 1.36 bits per heavy atom. The lowest BCUT2D eigenvalue weighted by Gasteiger charge is -2.33. The minimum atomic E-state index is -0.522. The number of aromatic nitrogens is 1. The first kappa shape index (κ1) is 16.6. The Kier molecular flexibility index (Phi) is 5.04. The molecule has 2 fully saturated rings. The maximum atomic E-state index is 12.8. The Morgan fingerprint density at radius 3 is 2.96 bits per heavy atom. The van der Waals surface area contributed by atoms with Gasteiger partial charge in [0.15, 0.2) is 0 Å². The zero-order chi connectivity index (χ0) is 17.1. The first-order chi connectivity index (χ1) is 12.3. The highest BCUT2D eigenvalue weighted by Crippen LogP contribution is 2.25. The highest BCUT2D eigenvalue weighted by molar-refractivity contribution is 7.09. The molecule has 0 aromatic carbocycles. The minimum absolute atomic E-state index is 0.103. The van der Waals surface area contributed by atoms with Crippen LogP contribution in [0.1, 0.15) is 23.8 Å². The van der Waals surface area contributed by atoms with Crippen LogP contribution in [0.25, 0.3) is 0 Å². The quantitative estimate of drug-likeness (QED) is 0.784. The van der Waals surface area contributed by atoms with E-state index >= 15 is 0 Å². The summed E-state index contributed by atoms with van der Waals surface area (Å²) in [5, 5.41) is 8.93. The van der Waals surface area contributed by atoms with E-state index < -0.39 is 5.92 Å². The Bertz CT molecular complexity index is 662. The Labute approximate surface area is 150 Å². The van der Waals surface area contributed by atoms with Crippen LogP contribution in [-0.2, 0) is 9.53 Å². The number of thiazole rings is 1. The predicted molar refractivity (Wildman–Crippen MR) is 96.2 cm³/mol. The third-order valence-electron chi connectivity index (χ3n) is 4.57. The maximum absolute atomic E-state index is 12.8. The third kappa shape index (κ3) is 3.73. The summed E-state index contributed by atoms with van der Waals surface area (Å²) in [5.74, 6) is 0.540. The molecule has 0 radical (unpaired) electrons. The van der Waals surface area contributed by atoms with Crippen LogP contribution in [0.2, 0.25) is 0 Å². The van der Waals surface area contributed by atoms with Gasteiger partial charge in [-0.25, -0.2) is 4.98 Å². The number of guanidine groups is 1. The molecule has 0 saturated carbocycles. The van der Waals surface area contributed by atoms with Crippen LogP contribution in [0.15, 0.2) is 21.6 Å². The van der Waals surface area contributed by atoms with Crippen LogP contribution in [0, 0.1) is 0 Å². The Morgan fingerprint density at radius 2 is 2.24 bits per heavy atom. The van der Waals surface area contributed by atoms with E-state index in [2.05, 4.69) is 15.6 Å². The van der Waals surface area contributed by atoms with Gasteiger partial charge in [0, 0.05) is 31.2 Å². The van der Waals surface area contributed by atoms with Crippen LogP contribution in [-0.4, -0.2) is 73.0 Å². The molecule has 25 heavy (non-hydrogen) atoms. The van der Waals surface area contributed by atoms with Gasteiger partial charge in [-0.3, -0.25) is 15.1 Å². The number of ether oxygens (including phenoxy) is 1. The fourth-order valence-corrected chi connectivity index (χ4v) is 3.99. The number of carbonyl (C=O) groups is 1. The molecule has 0 bridgehead atoms. The van der Waals surface area contributed by atoms with Gasteiger partial charge >= 0.3 is 0 Å². The smallest absolute Gasteiger partial charge is 0.244 e. The normalized spacial score (nSPS) is 29.4. The highest BCUT2D eigenvalue weighted by atomic mass is 32.1. The highest BCUT2D eigenvalue weighted by Gasteiger charge is 2.36. The molecule has 2 N–H and O–H groups in total. The van der Waals surface area contributed by atoms with Crippen molar-refractivity contribution in [3.05, 3.63) is 16.6 Å². The molecule has 3 aliphatic rings. The molecule has 1 aromatic rings. The molecule has 134 valence electrons. The van der Waals surface area contributed by atoms with Crippen molar-refractivity contribution in [1.29, 1.82) is 0 Å². The van der Waals surface area contributed by atoms with Gasteiger partial charge in [0.25, 0.3) is 0 Å². The van der Waals surface area contributed by atoms with Crippen LogP contribution in [0.3, 0.4) is 0 Å². The number of nitrogens with zero attached hydrogens (tertiary/aromatic N) is 4. The molecule has 8 nitrogen and oxygen atoms in total. The van der Waals surface area contributed by atoms with E-state index in [-0.39, 0.29) is 11.9 Å². The number of rotatable bonds is 2. The number of amidine groups is 1. The number of amides is 1. The second-order valence-electron chi connectivity index (χ2n) is 6.31. The summed E-state index contributed by atoms with van der Waals surface area (Å²) in [6, 6.07) is 0.159. The van der Waals surface area contributed by atoms with Gasteiger partial charge in [0.2, 0.25) is 11.9 Å². The number of morpholine rings is 1. The maximum Gasteiger partial charge on any atom is 0.244 e. The fourth-order valence-electron chi connectivity index (χ4n) is 3.26. The molecule has 3 aliphatic heterocycles. The molecule has 1 amide bonds. The minimum Gasteiger partial charge on any atom is -0.378 e. The number of piperidine rings is 1. The van der Waals surface area contributed by atoms with Crippen molar-refractivity contribution in [2.45, 2.75) is 24.8 Å². The zero-order valence-electron chi connectivity index (χ0n) is 14.0. The summed E-state index contributed by atoms with van der Waals surface area (Å²) in [7, 11) is 0. The lowest BCUT2D eigenvalue weighted by molar-refractivity contribution is -0.120. The fraction of sp³-hybridized carbons (Fsp3) is 0.625. The molecule has 1 unspecified atom stereocenters. The van der Waals surface area contributed by atoms with Gasteiger partial charge in [-0.2, -0.15) is 4.99 Å². The summed E-state index contributed by atoms with van der Waals surface area (Å²) in [5.41, 5.74) is 0. The van der Waals surface area contributed by atoms with E-state index in [9.17, 15) is 4.79 Å². The second kappa shape index (κ2) is 7.59. The number of aliphatic imine (C=N–C) groups is 2. The molecule has 9 heteroatoms. The first-order valence-corrected chi connectivity index (χ1v) is 9.59. The molecule has 1 aromatic heterocycles. The van der Waals surface area contributed by atoms with Crippen molar-refractivity contribution in [2.24, 2.45) is 9.98 Å². The summed E-state index contributed by atoms with van der Waals surface area (Å²) >= 11 is 1.46. The van der Waals surface area contributed by atoms with Gasteiger partial charge in [0.1, 0.15) is 16.8 Å². The van der Waals surface area contributed by atoms with E-state index in [0.29, 0.717) is 25.0 Å². The van der Waals surface area contributed by atoms with E-state index in [0.717, 1.165) is 44.0 Å². The predicted octanol–water partition coefficient (Wildman–Crippen LogP) is 0.195. The largest absolute Gasteiger partial charge is 0.378 e. The van der Waals surface area contributed by atoms with E-state index in [4.69, 9.17) is 14.7 Å². The van der Waals surface area contributed by atoms with Gasteiger partial charge in [-0.15, -0.1) is 11.3 Å².